The van der Waals surface area contributed by atoms with Crippen molar-refractivity contribution in [2.45, 2.75) is 44.1 Å². The lowest BCUT2D eigenvalue weighted by atomic mass is 9.98. The number of carbonyl (C=O) groups excluding carboxylic acids is 3. The molecule has 3 aromatic rings. The number of H-pyrrole nitrogens is 1. The second-order valence-electron chi connectivity index (χ2n) is 9.74. The molecule has 0 aliphatic carbocycles. The zero-order valence-electron chi connectivity index (χ0n) is 21.3. The lowest BCUT2D eigenvalue weighted by Gasteiger charge is -2.24. The first-order valence-corrected chi connectivity index (χ1v) is 12.9. The van der Waals surface area contributed by atoms with Crippen molar-refractivity contribution >= 4 is 28.6 Å². The number of rotatable bonds is 9. The Morgan fingerprint density at radius 3 is 2.67 bits per heavy atom. The Bertz CT molecular complexity index is 1440. The third kappa shape index (κ3) is 5.83. The molecule has 2 fully saturated rings. The van der Waals surface area contributed by atoms with Crippen molar-refractivity contribution in [3.8, 4) is 17.6 Å². The first-order chi connectivity index (χ1) is 19.3. The molecule has 40 heavy (non-hydrogen) atoms. The highest BCUT2D eigenvalue weighted by Gasteiger charge is 2.42. The highest BCUT2D eigenvalue weighted by Crippen LogP contribution is 2.30. The van der Waals surface area contributed by atoms with Crippen LogP contribution in [0.15, 0.2) is 54.6 Å². The summed E-state index contributed by atoms with van der Waals surface area (Å²) in [6, 6.07) is 15.0. The molecule has 0 radical (unpaired) electrons. The summed E-state index contributed by atoms with van der Waals surface area (Å²) in [6.45, 7) is -2.44. The summed E-state index contributed by atoms with van der Waals surface area (Å²) >= 11 is 0. The number of nitrogens with one attached hydrogen (secondary N) is 3. The van der Waals surface area contributed by atoms with Gasteiger partial charge in [0.25, 0.3) is 5.91 Å². The average molecular weight is 552 g/mol. The molecule has 0 spiro atoms. The number of fused-ring (bicyclic) bond motifs is 1. The van der Waals surface area contributed by atoms with E-state index in [-0.39, 0.29) is 42.7 Å². The Morgan fingerprint density at radius 1 is 1.18 bits per heavy atom. The molecule has 4 atom stereocenters. The van der Waals surface area contributed by atoms with Gasteiger partial charge in [0.15, 0.2) is 0 Å². The number of nitriles is 1. The molecule has 3 heterocycles. The fourth-order valence-corrected chi connectivity index (χ4v) is 5.21. The van der Waals surface area contributed by atoms with Crippen LogP contribution in [0.1, 0.15) is 29.8 Å². The van der Waals surface area contributed by atoms with Crippen LogP contribution in [0.4, 0.5) is 8.78 Å². The first kappa shape index (κ1) is 26.9. The minimum Gasteiger partial charge on any atom is -0.488 e. The highest BCUT2D eigenvalue weighted by atomic mass is 19.3. The Labute approximate surface area is 228 Å². The van der Waals surface area contributed by atoms with E-state index in [0.29, 0.717) is 29.6 Å². The standard InChI is InChI=1S/C28H27F2N5O5/c29-28(30)40-24-8-4-7-21-20(24)13-22(34-21)27(38)35-15-19(39-18-5-2-1-3-6-18)12-23(35)26(37)33-17(14-31)11-16-9-10-32-25(16)36/h1-8,13,16-17,19,23,28,34H,9-12,15H2,(H,32,36)(H,33,37)/t16?,17-,19-,23-/m0/s1. The maximum Gasteiger partial charge on any atom is 0.387 e. The number of likely N-dealkylation sites (tertiary alicyclic amines) is 1. The van der Waals surface area contributed by atoms with Crippen LogP contribution in [0.25, 0.3) is 10.9 Å². The number of nitrogens with zero attached hydrogens (tertiary/aromatic N) is 2. The molecule has 1 unspecified atom stereocenters. The van der Waals surface area contributed by atoms with Gasteiger partial charge in [0, 0.05) is 29.8 Å². The molecular weight excluding hydrogens is 524 g/mol. The minimum atomic E-state index is -3.04. The molecule has 208 valence electrons. The van der Waals surface area contributed by atoms with Crippen molar-refractivity contribution < 1.29 is 32.6 Å². The fourth-order valence-electron chi connectivity index (χ4n) is 5.21. The summed E-state index contributed by atoms with van der Waals surface area (Å²) in [4.78, 5) is 43.4. The van der Waals surface area contributed by atoms with Gasteiger partial charge in [-0.05, 0) is 43.2 Å². The van der Waals surface area contributed by atoms with Crippen LogP contribution in [-0.4, -0.2) is 65.5 Å². The maximum atomic E-state index is 13.7. The number of alkyl halides is 2. The molecule has 3 N–H and O–H groups in total. The Hall–Kier alpha value is -4.66. The van der Waals surface area contributed by atoms with Gasteiger partial charge in [-0.25, -0.2) is 0 Å². The Kier molecular flexibility index (Phi) is 7.82. The molecule has 2 aliphatic heterocycles. The summed E-state index contributed by atoms with van der Waals surface area (Å²) in [6.07, 6.45) is 0.374. The van der Waals surface area contributed by atoms with Crippen molar-refractivity contribution in [2.24, 2.45) is 5.92 Å². The Morgan fingerprint density at radius 2 is 1.98 bits per heavy atom. The van der Waals surface area contributed by atoms with E-state index < -0.39 is 36.6 Å². The summed E-state index contributed by atoms with van der Waals surface area (Å²) in [5.74, 6) is -1.13. The van der Waals surface area contributed by atoms with E-state index in [0.717, 1.165) is 0 Å². The van der Waals surface area contributed by atoms with E-state index >= 15 is 0 Å². The predicted octanol–water partition coefficient (Wildman–Crippen LogP) is 2.97. The van der Waals surface area contributed by atoms with Crippen molar-refractivity contribution in [1.82, 2.24) is 20.5 Å². The van der Waals surface area contributed by atoms with E-state index in [1.807, 2.05) is 12.1 Å². The van der Waals surface area contributed by atoms with Crippen molar-refractivity contribution in [3.05, 3.63) is 60.3 Å². The number of hydrogen-bond donors (Lipinski definition) is 3. The molecule has 3 amide bonds. The molecule has 0 bridgehead atoms. The summed E-state index contributed by atoms with van der Waals surface area (Å²) < 4.78 is 36.4. The van der Waals surface area contributed by atoms with E-state index in [1.54, 1.807) is 30.3 Å². The number of ether oxygens (including phenoxy) is 2. The van der Waals surface area contributed by atoms with Crippen LogP contribution in [0.2, 0.25) is 0 Å². The predicted molar refractivity (Wildman–Crippen MR) is 139 cm³/mol. The van der Waals surface area contributed by atoms with Gasteiger partial charge < -0.3 is 30.0 Å². The van der Waals surface area contributed by atoms with Crippen molar-refractivity contribution in [3.63, 3.8) is 0 Å². The van der Waals surface area contributed by atoms with Gasteiger partial charge in [0.05, 0.1) is 12.6 Å². The van der Waals surface area contributed by atoms with Gasteiger partial charge in [0.1, 0.15) is 35.4 Å². The van der Waals surface area contributed by atoms with E-state index in [9.17, 15) is 28.4 Å². The molecule has 5 rings (SSSR count). The summed E-state index contributed by atoms with van der Waals surface area (Å²) in [5.41, 5.74) is 0.496. The van der Waals surface area contributed by atoms with Crippen LogP contribution in [0.5, 0.6) is 11.5 Å². The van der Waals surface area contributed by atoms with Crippen molar-refractivity contribution in [1.29, 1.82) is 5.26 Å². The monoisotopic (exact) mass is 551 g/mol. The number of para-hydroxylation sites is 1. The number of carbonyl (C=O) groups is 3. The van der Waals surface area contributed by atoms with Gasteiger partial charge in [-0.15, -0.1) is 0 Å². The normalized spacial score (nSPS) is 21.2. The van der Waals surface area contributed by atoms with E-state index in [1.165, 1.54) is 23.1 Å². The molecule has 2 aliphatic rings. The first-order valence-electron chi connectivity index (χ1n) is 12.9. The topological polar surface area (TPSA) is 137 Å². The number of hydrogen-bond acceptors (Lipinski definition) is 6. The second-order valence-corrected chi connectivity index (χ2v) is 9.74. The Balaban J connectivity index is 1.38. The van der Waals surface area contributed by atoms with Crippen LogP contribution in [0.3, 0.4) is 0 Å². The summed E-state index contributed by atoms with van der Waals surface area (Å²) in [5, 5.41) is 15.4. The number of amides is 3. The zero-order valence-corrected chi connectivity index (χ0v) is 21.3. The van der Waals surface area contributed by atoms with Crippen LogP contribution in [-0.2, 0) is 9.59 Å². The zero-order chi connectivity index (χ0) is 28.2. The van der Waals surface area contributed by atoms with Gasteiger partial charge >= 0.3 is 6.61 Å². The molecule has 0 saturated carbocycles. The second kappa shape index (κ2) is 11.6. The van der Waals surface area contributed by atoms with Crippen LogP contribution >= 0.6 is 0 Å². The van der Waals surface area contributed by atoms with E-state index in [4.69, 9.17) is 4.74 Å². The fraction of sp³-hybridized carbons (Fsp3) is 0.357. The van der Waals surface area contributed by atoms with Gasteiger partial charge in [-0.2, -0.15) is 14.0 Å². The molecule has 1 aromatic heterocycles. The largest absolute Gasteiger partial charge is 0.488 e. The van der Waals surface area contributed by atoms with Gasteiger partial charge in [0.2, 0.25) is 11.8 Å². The number of aromatic nitrogens is 1. The third-order valence-electron chi connectivity index (χ3n) is 7.10. The van der Waals surface area contributed by atoms with Gasteiger partial charge in [-0.1, -0.05) is 24.3 Å². The minimum absolute atomic E-state index is 0.0732. The smallest absolute Gasteiger partial charge is 0.387 e. The number of benzene rings is 2. The lowest BCUT2D eigenvalue weighted by molar-refractivity contribution is -0.126. The number of aromatic amines is 1. The molecule has 12 heteroatoms. The highest BCUT2D eigenvalue weighted by molar-refractivity contribution is 6.01. The molecule has 2 saturated heterocycles. The number of halogens is 2. The third-order valence-corrected chi connectivity index (χ3v) is 7.10. The van der Waals surface area contributed by atoms with Crippen LogP contribution < -0.4 is 20.1 Å². The molecular formula is C28H27F2N5O5. The molecule has 10 nitrogen and oxygen atoms in total. The van der Waals surface area contributed by atoms with Crippen molar-refractivity contribution in [2.75, 3.05) is 13.1 Å². The lowest BCUT2D eigenvalue weighted by Crippen LogP contribution is -2.49. The SMILES string of the molecule is N#C[C@H](CC1CCNC1=O)NC(=O)[C@@H]1C[C@H](Oc2ccccc2)CN1C(=O)c1cc2c(OC(F)F)cccc2[nH]1. The maximum absolute atomic E-state index is 13.7. The van der Waals surface area contributed by atoms with Crippen LogP contribution in [0, 0.1) is 17.2 Å². The van der Waals surface area contributed by atoms with Gasteiger partial charge in [-0.3, -0.25) is 14.4 Å². The average Bonchev–Trinajstić information content (AvgIpc) is 3.67. The summed E-state index contributed by atoms with van der Waals surface area (Å²) in [7, 11) is 0. The van der Waals surface area contributed by atoms with E-state index in [2.05, 4.69) is 20.4 Å². The molecule has 2 aromatic carbocycles. The quantitative estimate of drug-likeness (QED) is 0.374.